The Morgan fingerprint density at radius 3 is 2.85 bits per heavy atom. The number of benzene rings is 1. The molecule has 4 N–H and O–H groups in total. The molecule has 0 radical (unpaired) electrons. The lowest BCUT2D eigenvalue weighted by molar-refractivity contribution is 0.325. The molecule has 8 nitrogen and oxygen atoms in total. The van der Waals surface area contributed by atoms with Crippen molar-refractivity contribution in [3.05, 3.63) is 35.0 Å². The molecule has 0 unspecified atom stereocenters. The minimum Gasteiger partial charge on any atom is -0.385 e. The zero-order chi connectivity index (χ0) is 23.4. The average Bonchev–Trinajstić information content (AvgIpc) is 2.93. The molecule has 1 saturated carbocycles. The van der Waals surface area contributed by atoms with Gasteiger partial charge < -0.3 is 16.0 Å². The van der Waals surface area contributed by atoms with Gasteiger partial charge in [0, 0.05) is 30.5 Å². The first-order chi connectivity index (χ1) is 15.8. The number of anilines is 4. The second-order valence-electron chi connectivity index (χ2n) is 9.60. The summed E-state index contributed by atoms with van der Waals surface area (Å²) in [6.45, 7) is 5.97. The zero-order valence-electron chi connectivity index (χ0n) is 19.2. The molecule has 0 bridgehead atoms. The zero-order valence-corrected chi connectivity index (χ0v) is 20.8. The Morgan fingerprint density at radius 1 is 1.21 bits per heavy atom. The van der Waals surface area contributed by atoms with E-state index in [2.05, 4.69) is 56.6 Å². The van der Waals surface area contributed by atoms with Crippen LogP contribution < -0.4 is 20.7 Å². The number of aromatic nitrogens is 2. The third-order valence-electron chi connectivity index (χ3n) is 6.76. The van der Waals surface area contributed by atoms with Crippen LogP contribution >= 0.6 is 11.6 Å². The van der Waals surface area contributed by atoms with Crippen LogP contribution in [-0.4, -0.2) is 37.5 Å². The van der Waals surface area contributed by atoms with Crippen LogP contribution in [0.2, 0.25) is 5.02 Å². The van der Waals surface area contributed by atoms with Gasteiger partial charge in [-0.05, 0) is 60.8 Å². The van der Waals surface area contributed by atoms with Gasteiger partial charge in [-0.15, -0.1) is 0 Å². The van der Waals surface area contributed by atoms with E-state index in [1.807, 2.05) is 6.07 Å². The molecule has 180 valence electrons. The van der Waals surface area contributed by atoms with Gasteiger partial charge in [0.2, 0.25) is 16.8 Å². The van der Waals surface area contributed by atoms with Gasteiger partial charge in [-0.2, -0.15) is 4.98 Å². The monoisotopic (exact) mass is 492 g/mol. The Kier molecular flexibility index (Phi) is 7.61. The molecule has 10 heteroatoms. The lowest BCUT2D eigenvalue weighted by Crippen LogP contribution is -2.38. The maximum atomic E-state index is 11.0. The second kappa shape index (κ2) is 10.4. The van der Waals surface area contributed by atoms with Crippen molar-refractivity contribution >= 4 is 45.6 Å². The van der Waals surface area contributed by atoms with Crippen molar-refractivity contribution in [1.29, 1.82) is 0 Å². The van der Waals surface area contributed by atoms with E-state index in [1.165, 1.54) is 11.3 Å². The molecular formula is C23H33ClN6O2S. The molecule has 2 aliphatic rings. The number of halogens is 1. The van der Waals surface area contributed by atoms with Crippen LogP contribution in [0.5, 0.6) is 0 Å². The number of thiol groups is 1. The first kappa shape index (κ1) is 24.0. The predicted octanol–water partition coefficient (Wildman–Crippen LogP) is 4.44. The summed E-state index contributed by atoms with van der Waals surface area (Å²) in [6.07, 6.45) is 7.94. The fraction of sp³-hybridized carbons (Fsp3) is 0.565. The molecular weight excluding hydrogens is 460 g/mol. The van der Waals surface area contributed by atoms with Gasteiger partial charge in [-0.3, -0.25) is 0 Å². The molecule has 33 heavy (non-hydrogen) atoms. The molecule has 4 rings (SSSR count). The van der Waals surface area contributed by atoms with Gasteiger partial charge in [0.15, 0.2) is 5.82 Å². The molecule has 2 heterocycles. The smallest absolute Gasteiger partial charge is 0.229 e. The maximum Gasteiger partial charge on any atom is 0.229 e. The maximum absolute atomic E-state index is 11.0. The highest BCUT2D eigenvalue weighted by Crippen LogP contribution is 2.38. The summed E-state index contributed by atoms with van der Waals surface area (Å²) < 4.78 is 24.5. The van der Waals surface area contributed by atoms with E-state index in [0.717, 1.165) is 50.8 Å². The van der Waals surface area contributed by atoms with Gasteiger partial charge in [0.05, 0.1) is 6.20 Å². The summed E-state index contributed by atoms with van der Waals surface area (Å²) in [5.74, 6) is 1.22. The topological polar surface area (TPSA) is 108 Å². The fourth-order valence-corrected chi connectivity index (χ4v) is 5.42. The van der Waals surface area contributed by atoms with Crippen LogP contribution in [0, 0.1) is 5.92 Å². The predicted molar refractivity (Wildman–Crippen MR) is 135 cm³/mol. The largest absolute Gasteiger partial charge is 0.385 e. The van der Waals surface area contributed by atoms with Crippen molar-refractivity contribution in [2.24, 2.45) is 5.92 Å². The first-order valence-corrected chi connectivity index (χ1v) is 13.2. The minimum absolute atomic E-state index is 0.0860. The van der Waals surface area contributed by atoms with Crippen LogP contribution in [0.3, 0.4) is 0 Å². The summed E-state index contributed by atoms with van der Waals surface area (Å²) in [4.78, 5) is 9.01. The standard InChI is InChI=1S/C23H33ClN6O2S/c1-23(2)10-5-11-25-20-9-8-16(12-17(20)23)28-22-26-14-18(24)21(30-22)29-19-7-4-3-6-15(19)13-27-33(31)32/h8-9,12,14-15,19,25,33H,3-7,10-11,13H2,1-2H3,(H,27,31,32)(H2,26,28,29,30)/t15-,19-/m1/s1. The van der Waals surface area contributed by atoms with Crippen molar-refractivity contribution in [3.63, 3.8) is 0 Å². The number of hydrogen-bond acceptors (Lipinski definition) is 7. The molecule has 2 aromatic rings. The summed E-state index contributed by atoms with van der Waals surface area (Å²) in [6, 6.07) is 6.41. The third-order valence-corrected chi connectivity index (χ3v) is 7.47. The van der Waals surface area contributed by atoms with Gasteiger partial charge in [-0.1, -0.05) is 38.3 Å². The summed E-state index contributed by atoms with van der Waals surface area (Å²) >= 11 is 6.41. The summed E-state index contributed by atoms with van der Waals surface area (Å²) in [7, 11) is -2.60. The van der Waals surface area contributed by atoms with Gasteiger partial charge in [-0.25, -0.2) is 18.1 Å². The van der Waals surface area contributed by atoms with Crippen LogP contribution in [0.1, 0.15) is 57.9 Å². The Hall–Kier alpha value is -2.10. The minimum atomic E-state index is -2.60. The Balaban J connectivity index is 1.51. The molecule has 1 aliphatic carbocycles. The molecule has 2 atom stereocenters. The number of nitrogens with one attached hydrogen (secondary N) is 4. The number of hydrogen-bond donors (Lipinski definition) is 5. The van der Waals surface area contributed by atoms with Crippen LogP contribution in [-0.2, 0) is 16.3 Å². The van der Waals surface area contributed by atoms with E-state index in [4.69, 9.17) is 11.6 Å². The Labute approximate surface area is 202 Å². The molecule has 1 fully saturated rings. The van der Waals surface area contributed by atoms with E-state index in [1.54, 1.807) is 6.20 Å². The number of fused-ring (bicyclic) bond motifs is 1. The van der Waals surface area contributed by atoms with E-state index in [-0.39, 0.29) is 17.4 Å². The van der Waals surface area contributed by atoms with Crippen molar-refractivity contribution in [3.8, 4) is 0 Å². The quantitative estimate of drug-likeness (QED) is 0.363. The third kappa shape index (κ3) is 6.07. The summed E-state index contributed by atoms with van der Waals surface area (Å²) in [5.41, 5.74) is 3.48. The highest BCUT2D eigenvalue weighted by molar-refractivity contribution is 7.70. The molecule has 0 amide bonds. The summed E-state index contributed by atoms with van der Waals surface area (Å²) in [5, 5.41) is 10.7. The lowest BCUT2D eigenvalue weighted by atomic mass is 9.80. The molecule has 1 aromatic carbocycles. The number of nitrogens with zero attached hydrogens (tertiary/aromatic N) is 2. The van der Waals surface area contributed by atoms with Gasteiger partial charge >= 0.3 is 0 Å². The van der Waals surface area contributed by atoms with Gasteiger partial charge in [0.25, 0.3) is 0 Å². The highest BCUT2D eigenvalue weighted by Gasteiger charge is 2.27. The van der Waals surface area contributed by atoms with Crippen LogP contribution in [0.25, 0.3) is 0 Å². The Morgan fingerprint density at radius 2 is 2.03 bits per heavy atom. The van der Waals surface area contributed by atoms with Crippen molar-refractivity contribution in [2.75, 3.05) is 29.0 Å². The van der Waals surface area contributed by atoms with Crippen molar-refractivity contribution in [2.45, 2.75) is 63.8 Å². The average molecular weight is 493 g/mol. The second-order valence-corrected chi connectivity index (χ2v) is 10.8. The SMILES string of the molecule is CC1(C)CCCNc2ccc(Nc3ncc(Cl)c(N[C@@H]4CCCC[C@@H]4CN[SH](=O)=O)n3)cc21. The number of rotatable bonds is 7. The van der Waals surface area contributed by atoms with Crippen LogP contribution in [0.15, 0.2) is 24.4 Å². The molecule has 0 saturated heterocycles. The highest BCUT2D eigenvalue weighted by atomic mass is 35.5. The van der Waals surface area contributed by atoms with Gasteiger partial charge in [0.1, 0.15) is 5.02 Å². The lowest BCUT2D eigenvalue weighted by Gasteiger charge is -2.32. The Bertz CT molecular complexity index is 1050. The van der Waals surface area contributed by atoms with Crippen molar-refractivity contribution < 1.29 is 8.42 Å². The van der Waals surface area contributed by atoms with Crippen molar-refractivity contribution in [1.82, 2.24) is 14.7 Å². The first-order valence-electron chi connectivity index (χ1n) is 11.6. The van der Waals surface area contributed by atoms with E-state index >= 15 is 0 Å². The normalized spacial score (nSPS) is 22.2. The van der Waals surface area contributed by atoms with E-state index in [0.29, 0.717) is 23.3 Å². The van der Waals surface area contributed by atoms with Crippen LogP contribution in [0.4, 0.5) is 23.1 Å². The van der Waals surface area contributed by atoms with E-state index < -0.39 is 10.9 Å². The fourth-order valence-electron chi connectivity index (χ4n) is 4.89. The van der Waals surface area contributed by atoms with E-state index in [9.17, 15) is 8.42 Å². The molecule has 1 aliphatic heterocycles. The molecule has 1 aromatic heterocycles. The molecule has 0 spiro atoms.